The van der Waals surface area contributed by atoms with Crippen LogP contribution in [0.2, 0.25) is 0 Å². The fraction of sp³-hybridized carbons (Fsp3) is 0.455. The third kappa shape index (κ3) is 6.23. The van der Waals surface area contributed by atoms with Gasteiger partial charge in [0.15, 0.2) is 0 Å². The molecule has 1 aliphatic rings. The molecule has 28 heavy (non-hydrogen) atoms. The molecule has 2 amide bonds. The van der Waals surface area contributed by atoms with E-state index >= 15 is 0 Å². The zero-order valence-corrected chi connectivity index (χ0v) is 16.5. The molecule has 0 bridgehead atoms. The van der Waals surface area contributed by atoms with Gasteiger partial charge in [-0.1, -0.05) is 12.1 Å². The van der Waals surface area contributed by atoms with Crippen molar-refractivity contribution in [2.45, 2.75) is 38.3 Å². The zero-order valence-electron chi connectivity index (χ0n) is 16.5. The number of rotatable bonds is 8. The molecule has 0 aliphatic carbocycles. The van der Waals surface area contributed by atoms with Crippen LogP contribution in [0.3, 0.4) is 0 Å². The van der Waals surface area contributed by atoms with Gasteiger partial charge in [-0.05, 0) is 61.1 Å². The fourth-order valence-corrected chi connectivity index (χ4v) is 3.30. The first-order valence-electron chi connectivity index (χ1n) is 9.91. The van der Waals surface area contributed by atoms with Gasteiger partial charge < -0.3 is 19.7 Å². The Labute approximate surface area is 166 Å². The van der Waals surface area contributed by atoms with Crippen molar-refractivity contribution in [1.29, 1.82) is 0 Å². The molecular weight excluding hydrogens is 354 g/mol. The molecule has 0 saturated carbocycles. The van der Waals surface area contributed by atoms with Crippen LogP contribution in [0.25, 0.3) is 0 Å². The van der Waals surface area contributed by atoms with Gasteiger partial charge in [0.05, 0.1) is 13.2 Å². The largest absolute Gasteiger partial charge is 0.497 e. The normalized spacial score (nSPS) is 16.4. The van der Waals surface area contributed by atoms with E-state index in [1.807, 2.05) is 41.3 Å². The predicted molar refractivity (Wildman–Crippen MR) is 108 cm³/mol. The van der Waals surface area contributed by atoms with E-state index in [1.54, 1.807) is 19.5 Å². The Kier molecular flexibility index (Phi) is 7.67. The van der Waals surface area contributed by atoms with Crippen molar-refractivity contribution in [2.75, 3.05) is 26.8 Å². The molecule has 1 aromatic heterocycles. The number of carbonyl (C=O) groups excluding carboxylic acids is 1. The number of benzene rings is 1. The fourth-order valence-electron chi connectivity index (χ4n) is 3.30. The third-order valence-electron chi connectivity index (χ3n) is 4.99. The molecule has 0 spiro atoms. The van der Waals surface area contributed by atoms with Crippen molar-refractivity contribution < 1.29 is 14.3 Å². The van der Waals surface area contributed by atoms with Crippen LogP contribution < -0.4 is 10.1 Å². The molecule has 1 atom stereocenters. The summed E-state index contributed by atoms with van der Waals surface area (Å²) in [5.41, 5.74) is 2.23. The highest BCUT2D eigenvalue weighted by Crippen LogP contribution is 2.14. The summed E-state index contributed by atoms with van der Waals surface area (Å²) in [4.78, 5) is 18.7. The Morgan fingerprint density at radius 1 is 1.18 bits per heavy atom. The molecule has 6 nitrogen and oxygen atoms in total. The van der Waals surface area contributed by atoms with E-state index in [0.29, 0.717) is 19.6 Å². The molecule has 2 aromatic rings. The number of nitrogens with one attached hydrogen (secondary N) is 1. The number of nitrogens with zero attached hydrogens (tertiary/aromatic N) is 2. The topological polar surface area (TPSA) is 63.7 Å². The second kappa shape index (κ2) is 10.7. The maximum Gasteiger partial charge on any atom is 0.317 e. The summed E-state index contributed by atoms with van der Waals surface area (Å²) in [7, 11) is 1.66. The van der Waals surface area contributed by atoms with Gasteiger partial charge in [-0.3, -0.25) is 4.98 Å². The number of carbonyl (C=O) groups is 1. The lowest BCUT2D eigenvalue weighted by Crippen LogP contribution is -2.44. The first-order valence-corrected chi connectivity index (χ1v) is 9.91. The highest BCUT2D eigenvalue weighted by Gasteiger charge is 2.18. The van der Waals surface area contributed by atoms with Crippen molar-refractivity contribution >= 4 is 6.03 Å². The number of pyridine rings is 1. The summed E-state index contributed by atoms with van der Waals surface area (Å²) >= 11 is 0. The quantitative estimate of drug-likeness (QED) is 0.759. The minimum Gasteiger partial charge on any atom is -0.497 e. The van der Waals surface area contributed by atoms with Gasteiger partial charge >= 0.3 is 6.03 Å². The minimum absolute atomic E-state index is 0.0560. The van der Waals surface area contributed by atoms with Crippen LogP contribution in [0.5, 0.6) is 5.75 Å². The second-order valence-corrected chi connectivity index (χ2v) is 7.05. The Balaban J connectivity index is 1.58. The first-order chi connectivity index (χ1) is 13.7. The Morgan fingerprint density at radius 2 is 1.96 bits per heavy atom. The molecule has 1 aromatic carbocycles. The molecule has 0 radical (unpaired) electrons. The smallest absolute Gasteiger partial charge is 0.317 e. The van der Waals surface area contributed by atoms with Crippen LogP contribution in [-0.2, 0) is 17.7 Å². The average molecular weight is 383 g/mol. The maximum absolute atomic E-state index is 12.8. The number of methoxy groups -OCH3 is 1. The molecule has 3 rings (SSSR count). The number of amides is 2. The van der Waals surface area contributed by atoms with Gasteiger partial charge in [-0.25, -0.2) is 4.79 Å². The molecule has 1 N–H and O–H groups in total. The van der Waals surface area contributed by atoms with Gasteiger partial charge in [0.25, 0.3) is 0 Å². The van der Waals surface area contributed by atoms with Crippen molar-refractivity contribution in [2.24, 2.45) is 0 Å². The SMILES string of the molecule is COc1ccc(CCN(Cc2ccncc2)C(=O)NC[C@H]2CCCCO2)cc1. The molecule has 1 saturated heterocycles. The monoisotopic (exact) mass is 383 g/mol. The lowest BCUT2D eigenvalue weighted by atomic mass is 10.1. The summed E-state index contributed by atoms with van der Waals surface area (Å²) in [5.74, 6) is 0.836. The summed E-state index contributed by atoms with van der Waals surface area (Å²) in [6.07, 6.45) is 7.70. The number of urea groups is 1. The third-order valence-corrected chi connectivity index (χ3v) is 4.99. The second-order valence-electron chi connectivity index (χ2n) is 7.05. The van der Waals surface area contributed by atoms with Gasteiger partial charge in [-0.2, -0.15) is 0 Å². The summed E-state index contributed by atoms with van der Waals surface area (Å²) < 4.78 is 10.9. The van der Waals surface area contributed by atoms with Gasteiger partial charge in [0.2, 0.25) is 0 Å². The number of hydrogen-bond donors (Lipinski definition) is 1. The molecule has 0 unspecified atom stereocenters. The van der Waals surface area contributed by atoms with Crippen LogP contribution in [0.4, 0.5) is 4.79 Å². The highest BCUT2D eigenvalue weighted by molar-refractivity contribution is 5.74. The van der Waals surface area contributed by atoms with E-state index < -0.39 is 0 Å². The Bertz CT molecular complexity index is 716. The van der Waals surface area contributed by atoms with E-state index in [2.05, 4.69) is 10.3 Å². The van der Waals surface area contributed by atoms with Gasteiger partial charge in [0.1, 0.15) is 5.75 Å². The molecule has 6 heteroatoms. The maximum atomic E-state index is 12.8. The molecular formula is C22H29N3O3. The van der Waals surface area contributed by atoms with E-state index in [9.17, 15) is 4.79 Å². The van der Waals surface area contributed by atoms with E-state index in [0.717, 1.165) is 37.2 Å². The van der Waals surface area contributed by atoms with Crippen LogP contribution in [0, 0.1) is 0 Å². The van der Waals surface area contributed by atoms with E-state index in [1.165, 1.54) is 12.0 Å². The Hall–Kier alpha value is -2.60. The predicted octanol–water partition coefficient (Wildman–Crippen LogP) is 3.41. The van der Waals surface area contributed by atoms with E-state index in [4.69, 9.17) is 9.47 Å². The standard InChI is InChI=1S/C22H29N3O3/c1-27-20-7-5-18(6-8-20)11-14-25(17-19-9-12-23-13-10-19)22(26)24-16-21-4-2-3-15-28-21/h5-10,12-13,21H,2-4,11,14-17H2,1H3,(H,24,26)/t21-/m1/s1. The zero-order chi connectivity index (χ0) is 19.6. The molecule has 150 valence electrons. The van der Waals surface area contributed by atoms with Gasteiger partial charge in [0, 0.05) is 38.6 Å². The van der Waals surface area contributed by atoms with Crippen LogP contribution in [0.1, 0.15) is 30.4 Å². The van der Waals surface area contributed by atoms with Crippen LogP contribution in [0.15, 0.2) is 48.8 Å². The summed E-state index contributed by atoms with van der Waals surface area (Å²) in [6, 6.07) is 11.8. The number of hydrogen-bond acceptors (Lipinski definition) is 4. The molecule has 1 aliphatic heterocycles. The number of ether oxygens (including phenoxy) is 2. The Morgan fingerprint density at radius 3 is 2.64 bits per heavy atom. The minimum atomic E-state index is -0.0560. The van der Waals surface area contributed by atoms with E-state index in [-0.39, 0.29) is 12.1 Å². The highest BCUT2D eigenvalue weighted by atomic mass is 16.5. The van der Waals surface area contributed by atoms with Crippen molar-refractivity contribution in [3.63, 3.8) is 0 Å². The summed E-state index contributed by atoms with van der Waals surface area (Å²) in [5, 5.41) is 3.05. The molecule has 2 heterocycles. The van der Waals surface area contributed by atoms with Crippen LogP contribution >= 0.6 is 0 Å². The average Bonchev–Trinajstić information content (AvgIpc) is 2.76. The van der Waals surface area contributed by atoms with Crippen molar-refractivity contribution in [1.82, 2.24) is 15.2 Å². The lowest BCUT2D eigenvalue weighted by molar-refractivity contribution is 0.0177. The molecule has 1 fully saturated rings. The van der Waals surface area contributed by atoms with Gasteiger partial charge in [-0.15, -0.1) is 0 Å². The first kappa shape index (κ1) is 20.1. The summed E-state index contributed by atoms with van der Waals surface area (Å²) in [6.45, 7) is 2.54. The van der Waals surface area contributed by atoms with Crippen molar-refractivity contribution in [3.8, 4) is 5.75 Å². The number of aromatic nitrogens is 1. The van der Waals surface area contributed by atoms with Crippen molar-refractivity contribution in [3.05, 3.63) is 59.9 Å². The lowest BCUT2D eigenvalue weighted by Gasteiger charge is -2.27. The van der Waals surface area contributed by atoms with Crippen LogP contribution in [-0.4, -0.2) is 48.8 Å².